The van der Waals surface area contributed by atoms with Crippen LogP contribution in [-0.4, -0.2) is 26.5 Å². The standard InChI is InChI=1S/C21H28N4O/c1-12-4-19-22-11-18(13(2)25(19)24-12)20(26)23-14(3)21-8-15-5-16(9-21)7-17(6-15)10-21/h4,11,14-17H,5-10H2,1-3H3,(H,23,26)/t14-,15?,16?,17?,21?/m1/s1. The van der Waals surface area contributed by atoms with E-state index in [1.165, 1.54) is 38.5 Å². The first-order chi connectivity index (χ1) is 12.4. The maximum Gasteiger partial charge on any atom is 0.254 e. The van der Waals surface area contributed by atoms with E-state index in [-0.39, 0.29) is 11.9 Å². The molecule has 0 unspecified atom stereocenters. The molecular formula is C21H28N4O. The number of nitrogens with one attached hydrogen (secondary N) is 1. The monoisotopic (exact) mass is 352 g/mol. The van der Waals surface area contributed by atoms with E-state index in [1.807, 2.05) is 19.9 Å². The Balaban J connectivity index is 1.39. The van der Waals surface area contributed by atoms with Gasteiger partial charge in [-0.3, -0.25) is 4.79 Å². The lowest BCUT2D eigenvalue weighted by Crippen LogP contribution is -2.55. The lowest BCUT2D eigenvalue weighted by atomic mass is 9.48. The number of hydrogen-bond donors (Lipinski definition) is 1. The Morgan fingerprint density at radius 3 is 2.42 bits per heavy atom. The molecule has 2 aromatic heterocycles. The van der Waals surface area contributed by atoms with Crippen LogP contribution in [0, 0.1) is 37.0 Å². The van der Waals surface area contributed by atoms with Crippen LogP contribution in [0.25, 0.3) is 5.65 Å². The fourth-order valence-corrected chi connectivity index (χ4v) is 6.52. The van der Waals surface area contributed by atoms with Crippen molar-refractivity contribution in [1.29, 1.82) is 0 Å². The minimum absolute atomic E-state index is 0.00621. The number of rotatable bonds is 3. The molecule has 138 valence electrons. The third-order valence-electron chi connectivity index (χ3n) is 7.44. The van der Waals surface area contributed by atoms with Gasteiger partial charge in [-0.2, -0.15) is 5.10 Å². The van der Waals surface area contributed by atoms with Crippen LogP contribution < -0.4 is 5.32 Å². The molecule has 1 atom stereocenters. The van der Waals surface area contributed by atoms with Gasteiger partial charge in [-0.1, -0.05) is 0 Å². The van der Waals surface area contributed by atoms with E-state index < -0.39 is 0 Å². The minimum atomic E-state index is -0.00621. The van der Waals surface area contributed by atoms with Crippen LogP contribution in [-0.2, 0) is 0 Å². The maximum absolute atomic E-state index is 13.0. The summed E-state index contributed by atoms with van der Waals surface area (Å²) in [5.41, 5.74) is 3.53. The Bertz CT molecular complexity index is 848. The van der Waals surface area contributed by atoms with Gasteiger partial charge in [0.05, 0.1) is 17.0 Å². The van der Waals surface area contributed by atoms with Crippen LogP contribution in [0.2, 0.25) is 0 Å². The number of fused-ring (bicyclic) bond motifs is 1. The van der Waals surface area contributed by atoms with Gasteiger partial charge in [0.2, 0.25) is 0 Å². The van der Waals surface area contributed by atoms with E-state index in [4.69, 9.17) is 0 Å². The number of hydrogen-bond acceptors (Lipinski definition) is 3. The molecule has 4 bridgehead atoms. The molecule has 5 heteroatoms. The summed E-state index contributed by atoms with van der Waals surface area (Å²) in [4.78, 5) is 17.5. The Morgan fingerprint density at radius 1 is 1.19 bits per heavy atom. The van der Waals surface area contributed by atoms with Crippen molar-refractivity contribution in [3.63, 3.8) is 0 Å². The predicted molar refractivity (Wildman–Crippen MR) is 100.0 cm³/mol. The number of aryl methyl sites for hydroxylation is 2. The van der Waals surface area contributed by atoms with Gasteiger partial charge in [-0.05, 0) is 82.5 Å². The third-order valence-corrected chi connectivity index (χ3v) is 7.44. The molecule has 0 saturated heterocycles. The number of nitrogens with zero attached hydrogens (tertiary/aromatic N) is 3. The van der Waals surface area contributed by atoms with Crippen LogP contribution >= 0.6 is 0 Å². The van der Waals surface area contributed by atoms with E-state index in [1.54, 1.807) is 10.7 Å². The Hall–Kier alpha value is -1.91. The van der Waals surface area contributed by atoms with Gasteiger partial charge in [-0.25, -0.2) is 9.50 Å². The maximum atomic E-state index is 13.0. The summed E-state index contributed by atoms with van der Waals surface area (Å²) in [6.45, 7) is 6.12. The van der Waals surface area contributed by atoms with Gasteiger partial charge in [0.15, 0.2) is 5.65 Å². The van der Waals surface area contributed by atoms with Crippen LogP contribution in [0.5, 0.6) is 0 Å². The highest BCUT2D eigenvalue weighted by molar-refractivity contribution is 5.95. The summed E-state index contributed by atoms with van der Waals surface area (Å²) < 4.78 is 1.78. The van der Waals surface area contributed by atoms with Crippen LogP contribution in [0.1, 0.15) is 67.2 Å². The average molecular weight is 352 g/mol. The molecule has 1 N–H and O–H groups in total. The second-order valence-electron chi connectivity index (χ2n) is 9.29. The van der Waals surface area contributed by atoms with Gasteiger partial charge < -0.3 is 5.32 Å². The summed E-state index contributed by atoms with van der Waals surface area (Å²) in [6, 6.07) is 2.16. The van der Waals surface area contributed by atoms with Crippen molar-refractivity contribution < 1.29 is 4.79 Å². The van der Waals surface area contributed by atoms with Gasteiger partial charge in [0, 0.05) is 18.3 Å². The number of carbonyl (C=O) groups excluding carboxylic acids is 1. The first-order valence-electron chi connectivity index (χ1n) is 10.1. The summed E-state index contributed by atoms with van der Waals surface area (Å²) in [6.07, 6.45) is 9.89. The molecule has 4 fully saturated rings. The molecule has 2 heterocycles. The number of aromatic nitrogens is 3. The topological polar surface area (TPSA) is 59.3 Å². The van der Waals surface area contributed by atoms with Crippen molar-refractivity contribution in [3.8, 4) is 0 Å². The Labute approximate surface area is 154 Å². The summed E-state index contributed by atoms with van der Waals surface area (Å²) >= 11 is 0. The van der Waals surface area contributed by atoms with E-state index >= 15 is 0 Å². The molecule has 4 saturated carbocycles. The molecule has 4 aliphatic carbocycles. The highest BCUT2D eigenvalue weighted by Gasteiger charge is 2.53. The fraction of sp³-hybridized carbons (Fsp3) is 0.667. The van der Waals surface area contributed by atoms with Gasteiger partial charge >= 0.3 is 0 Å². The van der Waals surface area contributed by atoms with Crippen molar-refractivity contribution in [1.82, 2.24) is 19.9 Å². The van der Waals surface area contributed by atoms with Crippen molar-refractivity contribution >= 4 is 11.6 Å². The van der Waals surface area contributed by atoms with Crippen LogP contribution in [0.3, 0.4) is 0 Å². The molecule has 26 heavy (non-hydrogen) atoms. The molecule has 2 aromatic rings. The summed E-state index contributed by atoms with van der Waals surface area (Å²) in [5.74, 6) is 2.68. The molecule has 0 aliphatic heterocycles. The van der Waals surface area contributed by atoms with E-state index in [2.05, 4.69) is 22.3 Å². The van der Waals surface area contributed by atoms with Gasteiger partial charge in [-0.15, -0.1) is 0 Å². The zero-order valence-corrected chi connectivity index (χ0v) is 16.0. The third kappa shape index (κ3) is 2.39. The van der Waals surface area contributed by atoms with Crippen molar-refractivity contribution in [2.45, 2.75) is 65.3 Å². The lowest BCUT2D eigenvalue weighted by Gasteiger charge is -2.59. The zero-order valence-electron chi connectivity index (χ0n) is 16.0. The van der Waals surface area contributed by atoms with Crippen molar-refractivity contribution in [3.05, 3.63) is 29.2 Å². The predicted octanol–water partition coefficient (Wildman–Crippen LogP) is 3.68. The molecule has 0 radical (unpaired) electrons. The summed E-state index contributed by atoms with van der Waals surface area (Å²) in [7, 11) is 0. The Kier molecular flexibility index (Phi) is 3.47. The molecule has 1 amide bonds. The largest absolute Gasteiger partial charge is 0.349 e. The second kappa shape index (κ2) is 5.54. The van der Waals surface area contributed by atoms with E-state index in [9.17, 15) is 4.79 Å². The SMILES string of the molecule is Cc1cc2ncc(C(=O)N[C@H](C)C34CC5CC(CC(C5)C3)C4)c(C)n2n1. The van der Waals surface area contributed by atoms with Crippen molar-refractivity contribution in [2.24, 2.45) is 23.2 Å². The molecule has 4 aliphatic rings. The first kappa shape index (κ1) is 16.3. The smallest absolute Gasteiger partial charge is 0.254 e. The Morgan fingerprint density at radius 2 is 1.81 bits per heavy atom. The molecule has 6 rings (SSSR count). The first-order valence-corrected chi connectivity index (χ1v) is 10.1. The molecule has 5 nitrogen and oxygen atoms in total. The minimum Gasteiger partial charge on any atom is -0.349 e. The van der Waals surface area contributed by atoms with E-state index in [0.29, 0.717) is 11.0 Å². The molecular weight excluding hydrogens is 324 g/mol. The van der Waals surface area contributed by atoms with Gasteiger partial charge in [0.25, 0.3) is 5.91 Å². The quantitative estimate of drug-likeness (QED) is 0.917. The fourth-order valence-electron chi connectivity index (χ4n) is 6.52. The number of amides is 1. The number of carbonyl (C=O) groups is 1. The van der Waals surface area contributed by atoms with Gasteiger partial charge in [0.1, 0.15) is 0 Å². The second-order valence-corrected chi connectivity index (χ2v) is 9.29. The van der Waals surface area contributed by atoms with E-state index in [0.717, 1.165) is 34.8 Å². The molecule has 0 spiro atoms. The highest BCUT2D eigenvalue weighted by atomic mass is 16.1. The average Bonchev–Trinajstić information content (AvgIpc) is 2.95. The lowest BCUT2D eigenvalue weighted by molar-refractivity contribution is -0.0688. The van der Waals surface area contributed by atoms with Crippen LogP contribution in [0.4, 0.5) is 0 Å². The summed E-state index contributed by atoms with van der Waals surface area (Å²) in [5, 5.41) is 7.81. The normalized spacial score (nSPS) is 33.6. The van der Waals surface area contributed by atoms with Crippen molar-refractivity contribution in [2.75, 3.05) is 0 Å². The van der Waals surface area contributed by atoms with Crippen LogP contribution in [0.15, 0.2) is 12.3 Å². The highest BCUT2D eigenvalue weighted by Crippen LogP contribution is 2.61. The zero-order chi connectivity index (χ0) is 18.1. The molecule has 0 aromatic carbocycles.